The minimum absolute atomic E-state index is 0.208. The fourth-order valence-electron chi connectivity index (χ4n) is 2.46. The summed E-state index contributed by atoms with van der Waals surface area (Å²) in [6, 6.07) is 4.88. The van der Waals surface area contributed by atoms with Crippen molar-refractivity contribution in [3.63, 3.8) is 0 Å². The summed E-state index contributed by atoms with van der Waals surface area (Å²) >= 11 is 0. The summed E-state index contributed by atoms with van der Waals surface area (Å²) in [5.74, 6) is 0. The number of pyridine rings is 1. The first kappa shape index (κ1) is 13.5. The second-order valence-electron chi connectivity index (χ2n) is 5.16. The fourth-order valence-corrected chi connectivity index (χ4v) is 2.46. The molecule has 0 amide bonds. The van der Waals surface area contributed by atoms with Gasteiger partial charge in [0.05, 0.1) is 6.61 Å². The molecule has 1 atom stereocenters. The maximum absolute atomic E-state index is 9.03. The van der Waals surface area contributed by atoms with Crippen LogP contribution in [-0.4, -0.2) is 46.8 Å². The van der Waals surface area contributed by atoms with E-state index in [1.54, 1.807) is 0 Å². The maximum Gasteiger partial charge on any atom is 0.0582 e. The first-order valence-electron chi connectivity index (χ1n) is 6.76. The van der Waals surface area contributed by atoms with E-state index in [1.165, 1.54) is 5.56 Å². The highest BCUT2D eigenvalue weighted by Crippen LogP contribution is 2.13. The molecule has 2 N–H and O–H groups in total. The van der Waals surface area contributed by atoms with Gasteiger partial charge in [-0.1, -0.05) is 6.07 Å². The molecule has 2 rings (SSSR count). The average Bonchev–Trinajstić information content (AvgIpc) is 2.42. The molecule has 1 aliphatic rings. The Kier molecular flexibility index (Phi) is 5.11. The lowest BCUT2D eigenvalue weighted by Crippen LogP contribution is -2.46. The molecule has 0 bridgehead atoms. The van der Waals surface area contributed by atoms with Crippen molar-refractivity contribution in [1.82, 2.24) is 15.2 Å². The highest BCUT2D eigenvalue weighted by atomic mass is 16.3. The Morgan fingerprint density at radius 2 is 2.28 bits per heavy atom. The number of hydrogen-bond acceptors (Lipinski definition) is 4. The van der Waals surface area contributed by atoms with Crippen molar-refractivity contribution in [2.45, 2.75) is 38.4 Å². The summed E-state index contributed by atoms with van der Waals surface area (Å²) < 4.78 is 0. The molecule has 2 heterocycles. The number of hydrogen-bond donors (Lipinski definition) is 2. The lowest BCUT2D eigenvalue weighted by atomic mass is 10.0. The Balaban J connectivity index is 1.73. The van der Waals surface area contributed by atoms with Gasteiger partial charge in [0.1, 0.15) is 0 Å². The molecule has 0 unspecified atom stereocenters. The van der Waals surface area contributed by atoms with Gasteiger partial charge in [-0.05, 0) is 44.5 Å². The van der Waals surface area contributed by atoms with Gasteiger partial charge in [0.25, 0.3) is 0 Å². The number of nitrogens with zero attached hydrogens (tertiary/aromatic N) is 2. The second kappa shape index (κ2) is 6.83. The number of aromatic nitrogens is 1. The van der Waals surface area contributed by atoms with Gasteiger partial charge in [-0.15, -0.1) is 0 Å². The molecular formula is C14H23N3O. The van der Waals surface area contributed by atoms with Crippen molar-refractivity contribution >= 4 is 0 Å². The van der Waals surface area contributed by atoms with E-state index in [-0.39, 0.29) is 12.6 Å². The third-order valence-electron chi connectivity index (χ3n) is 3.51. The van der Waals surface area contributed by atoms with E-state index in [1.807, 2.05) is 25.4 Å². The Hall–Kier alpha value is -0.970. The molecule has 1 aromatic rings. The summed E-state index contributed by atoms with van der Waals surface area (Å²) in [4.78, 5) is 6.62. The van der Waals surface area contributed by atoms with Gasteiger partial charge in [0.2, 0.25) is 0 Å². The third kappa shape index (κ3) is 4.05. The highest BCUT2D eigenvalue weighted by Gasteiger charge is 2.20. The first-order valence-corrected chi connectivity index (χ1v) is 6.76. The molecule has 1 fully saturated rings. The lowest BCUT2D eigenvalue weighted by molar-refractivity contribution is 0.170. The largest absolute Gasteiger partial charge is 0.395 e. The normalized spacial score (nSPS) is 19.9. The molecular weight excluding hydrogens is 226 g/mol. The predicted octanol–water partition coefficient (Wildman–Crippen LogP) is 1.02. The summed E-state index contributed by atoms with van der Waals surface area (Å²) in [5, 5.41) is 12.5. The van der Waals surface area contributed by atoms with Gasteiger partial charge in [-0.2, -0.15) is 0 Å². The van der Waals surface area contributed by atoms with Crippen LogP contribution in [0, 0.1) is 0 Å². The molecule has 1 saturated heterocycles. The quantitative estimate of drug-likeness (QED) is 0.818. The number of aliphatic hydroxyl groups is 1. The standard InChI is InChI=1S/C14H23N3O/c1-12(11-18)16-14-4-7-17(8-5-14)10-13-3-2-6-15-9-13/h2-3,6,9,12,14,16,18H,4-5,7-8,10-11H2,1H3/t12-/m1/s1. The number of piperidine rings is 1. The molecule has 1 aliphatic heterocycles. The smallest absolute Gasteiger partial charge is 0.0582 e. The molecule has 0 saturated carbocycles. The predicted molar refractivity (Wildman–Crippen MR) is 72.2 cm³/mol. The molecule has 0 radical (unpaired) electrons. The Labute approximate surface area is 109 Å². The molecule has 1 aromatic heterocycles. The maximum atomic E-state index is 9.03. The van der Waals surface area contributed by atoms with Crippen LogP contribution in [0.1, 0.15) is 25.3 Å². The Morgan fingerprint density at radius 3 is 2.89 bits per heavy atom. The Bertz CT molecular complexity index is 336. The van der Waals surface area contributed by atoms with Gasteiger partial charge in [-0.25, -0.2) is 0 Å². The van der Waals surface area contributed by atoms with Crippen LogP contribution in [0.2, 0.25) is 0 Å². The number of aliphatic hydroxyl groups excluding tert-OH is 1. The summed E-state index contributed by atoms with van der Waals surface area (Å²) in [6.45, 7) is 5.48. The summed E-state index contributed by atoms with van der Waals surface area (Å²) in [7, 11) is 0. The van der Waals surface area contributed by atoms with Crippen molar-refractivity contribution < 1.29 is 5.11 Å². The molecule has 4 heteroatoms. The zero-order chi connectivity index (χ0) is 12.8. The minimum Gasteiger partial charge on any atom is -0.395 e. The zero-order valence-corrected chi connectivity index (χ0v) is 11.0. The molecule has 0 spiro atoms. The van der Waals surface area contributed by atoms with Crippen molar-refractivity contribution in [1.29, 1.82) is 0 Å². The first-order chi connectivity index (χ1) is 8.78. The molecule has 0 aromatic carbocycles. The molecule has 18 heavy (non-hydrogen) atoms. The van der Waals surface area contributed by atoms with Gasteiger partial charge >= 0.3 is 0 Å². The van der Waals surface area contributed by atoms with Gasteiger partial charge in [-0.3, -0.25) is 9.88 Å². The lowest BCUT2D eigenvalue weighted by Gasteiger charge is -2.33. The fraction of sp³-hybridized carbons (Fsp3) is 0.643. The molecule has 4 nitrogen and oxygen atoms in total. The topological polar surface area (TPSA) is 48.4 Å². The van der Waals surface area contributed by atoms with E-state index in [4.69, 9.17) is 5.11 Å². The van der Waals surface area contributed by atoms with E-state index in [2.05, 4.69) is 21.3 Å². The average molecular weight is 249 g/mol. The van der Waals surface area contributed by atoms with E-state index in [0.717, 1.165) is 32.5 Å². The molecule has 0 aliphatic carbocycles. The van der Waals surface area contributed by atoms with Crippen LogP contribution >= 0.6 is 0 Å². The van der Waals surface area contributed by atoms with E-state index in [0.29, 0.717) is 6.04 Å². The van der Waals surface area contributed by atoms with Crippen LogP contribution in [0.25, 0.3) is 0 Å². The highest BCUT2D eigenvalue weighted by molar-refractivity contribution is 5.08. The van der Waals surface area contributed by atoms with Crippen LogP contribution in [0.15, 0.2) is 24.5 Å². The van der Waals surface area contributed by atoms with Gasteiger partial charge in [0.15, 0.2) is 0 Å². The van der Waals surface area contributed by atoms with Crippen molar-refractivity contribution in [2.24, 2.45) is 0 Å². The van der Waals surface area contributed by atoms with Crippen molar-refractivity contribution in [2.75, 3.05) is 19.7 Å². The van der Waals surface area contributed by atoms with E-state index < -0.39 is 0 Å². The Morgan fingerprint density at radius 1 is 1.50 bits per heavy atom. The number of likely N-dealkylation sites (tertiary alicyclic amines) is 1. The van der Waals surface area contributed by atoms with Crippen LogP contribution in [0.4, 0.5) is 0 Å². The molecule has 100 valence electrons. The van der Waals surface area contributed by atoms with Crippen molar-refractivity contribution in [3.05, 3.63) is 30.1 Å². The van der Waals surface area contributed by atoms with E-state index >= 15 is 0 Å². The van der Waals surface area contributed by atoms with Crippen LogP contribution in [0.3, 0.4) is 0 Å². The second-order valence-corrected chi connectivity index (χ2v) is 5.16. The minimum atomic E-state index is 0.208. The van der Waals surface area contributed by atoms with Crippen LogP contribution in [-0.2, 0) is 6.54 Å². The number of nitrogens with one attached hydrogen (secondary N) is 1. The zero-order valence-electron chi connectivity index (χ0n) is 11.0. The van der Waals surface area contributed by atoms with Crippen LogP contribution < -0.4 is 5.32 Å². The van der Waals surface area contributed by atoms with E-state index in [9.17, 15) is 0 Å². The van der Waals surface area contributed by atoms with Crippen LogP contribution in [0.5, 0.6) is 0 Å². The number of rotatable bonds is 5. The van der Waals surface area contributed by atoms with Gasteiger partial charge < -0.3 is 10.4 Å². The summed E-state index contributed by atoms with van der Waals surface area (Å²) in [5.41, 5.74) is 1.28. The SMILES string of the molecule is C[C@H](CO)NC1CCN(Cc2cccnc2)CC1. The van der Waals surface area contributed by atoms with Gasteiger partial charge in [0, 0.05) is 31.0 Å². The summed E-state index contributed by atoms with van der Waals surface area (Å²) in [6.07, 6.45) is 6.07. The van der Waals surface area contributed by atoms with Crippen molar-refractivity contribution in [3.8, 4) is 0 Å². The monoisotopic (exact) mass is 249 g/mol. The third-order valence-corrected chi connectivity index (χ3v) is 3.51.